The third-order valence-electron chi connectivity index (χ3n) is 2.86. The van der Waals surface area contributed by atoms with Crippen LogP contribution in [0.4, 0.5) is 0 Å². The Kier molecular flexibility index (Phi) is 2.79. The first kappa shape index (κ1) is 10.0. The number of nitrogens with zero attached hydrogens (tertiary/aromatic N) is 1. The van der Waals surface area contributed by atoms with Gasteiger partial charge in [0.05, 0.1) is 12.7 Å². The Morgan fingerprint density at radius 1 is 1.50 bits per heavy atom. The summed E-state index contributed by atoms with van der Waals surface area (Å²) >= 11 is 0. The summed E-state index contributed by atoms with van der Waals surface area (Å²) in [5.74, 6) is 0. The van der Waals surface area contributed by atoms with Gasteiger partial charge in [0.15, 0.2) is 0 Å². The van der Waals surface area contributed by atoms with Crippen molar-refractivity contribution in [1.29, 1.82) is 0 Å². The fourth-order valence-electron chi connectivity index (χ4n) is 1.71. The predicted molar refractivity (Wildman–Crippen MR) is 51.3 cm³/mol. The number of likely N-dealkylation sites (tertiary alicyclic amines) is 1. The van der Waals surface area contributed by atoms with Crippen LogP contribution in [0, 0.1) is 0 Å². The van der Waals surface area contributed by atoms with E-state index in [0.29, 0.717) is 17.7 Å². The van der Waals surface area contributed by atoms with E-state index < -0.39 is 0 Å². The summed E-state index contributed by atoms with van der Waals surface area (Å²) in [7, 11) is 2.18. The molecule has 0 aromatic heterocycles. The van der Waals surface area contributed by atoms with Crippen LogP contribution in [0.25, 0.3) is 0 Å². The van der Waals surface area contributed by atoms with Gasteiger partial charge in [0.2, 0.25) is 0 Å². The molecule has 1 rings (SSSR count). The fourth-order valence-corrected chi connectivity index (χ4v) is 1.71. The Morgan fingerprint density at radius 2 is 2.08 bits per heavy atom. The van der Waals surface area contributed by atoms with E-state index in [1.807, 2.05) is 0 Å². The van der Waals surface area contributed by atoms with E-state index in [9.17, 15) is 0 Å². The van der Waals surface area contributed by atoms with Crippen molar-refractivity contribution >= 4 is 0 Å². The molecule has 1 saturated heterocycles. The van der Waals surface area contributed by atoms with Crippen molar-refractivity contribution in [2.45, 2.75) is 51.8 Å². The van der Waals surface area contributed by atoms with Gasteiger partial charge >= 0.3 is 0 Å². The number of likely N-dealkylation sites (N-methyl/N-ethyl adjacent to an activating group) is 1. The molecule has 0 saturated carbocycles. The molecule has 0 amide bonds. The normalized spacial score (nSPS) is 29.0. The van der Waals surface area contributed by atoms with Gasteiger partial charge in [-0.3, -0.25) is 4.90 Å². The summed E-state index contributed by atoms with van der Waals surface area (Å²) in [6.45, 7) is 9.61. The quantitative estimate of drug-likeness (QED) is 0.643. The summed E-state index contributed by atoms with van der Waals surface area (Å²) < 4.78 is 5.57. The Balaban J connectivity index is 2.22. The number of hydrogen-bond acceptors (Lipinski definition) is 2. The number of hydrogen-bond donors (Lipinski definition) is 0. The molecule has 1 aliphatic rings. The Hall–Kier alpha value is -0.0800. The van der Waals surface area contributed by atoms with E-state index in [1.54, 1.807) is 0 Å². The van der Waals surface area contributed by atoms with Crippen LogP contribution in [0.5, 0.6) is 0 Å². The fraction of sp³-hybridized carbons (Fsp3) is 1.00. The molecule has 12 heavy (non-hydrogen) atoms. The average molecular weight is 171 g/mol. The SMILES string of the molecule is CC(C)OC[C@@H]1CC(C)(C)N1C. The molecule has 1 aliphatic heterocycles. The van der Waals surface area contributed by atoms with Crippen molar-refractivity contribution in [2.24, 2.45) is 0 Å². The summed E-state index contributed by atoms with van der Waals surface area (Å²) in [5.41, 5.74) is 0.394. The molecular formula is C10H21NO. The minimum absolute atomic E-state index is 0.363. The maximum atomic E-state index is 5.57. The third-order valence-corrected chi connectivity index (χ3v) is 2.86. The second kappa shape index (κ2) is 3.35. The van der Waals surface area contributed by atoms with Crippen LogP contribution in [0.2, 0.25) is 0 Å². The Labute approximate surface area is 75.9 Å². The third kappa shape index (κ3) is 1.99. The minimum atomic E-state index is 0.363. The highest BCUT2D eigenvalue weighted by atomic mass is 16.5. The molecule has 1 heterocycles. The molecular weight excluding hydrogens is 150 g/mol. The summed E-state index contributed by atoms with van der Waals surface area (Å²) in [6, 6.07) is 0.641. The molecule has 1 atom stereocenters. The number of rotatable bonds is 3. The standard InChI is InChI=1S/C10H21NO/c1-8(2)12-7-9-6-10(3,4)11(9)5/h8-9H,6-7H2,1-5H3/t9-/m0/s1. The van der Waals surface area contributed by atoms with Gasteiger partial charge in [-0.1, -0.05) is 0 Å². The lowest BCUT2D eigenvalue weighted by atomic mass is 9.83. The monoisotopic (exact) mass is 171 g/mol. The largest absolute Gasteiger partial charge is 0.377 e. The molecule has 0 aromatic carbocycles. The van der Waals surface area contributed by atoms with Gasteiger partial charge in [0, 0.05) is 11.6 Å². The molecule has 2 heteroatoms. The van der Waals surface area contributed by atoms with Gasteiger partial charge in [-0.05, 0) is 41.2 Å². The van der Waals surface area contributed by atoms with Crippen LogP contribution in [-0.2, 0) is 4.74 Å². The van der Waals surface area contributed by atoms with E-state index in [-0.39, 0.29) is 0 Å². The number of ether oxygens (including phenoxy) is 1. The topological polar surface area (TPSA) is 12.5 Å². The van der Waals surface area contributed by atoms with Crippen LogP contribution < -0.4 is 0 Å². The first-order chi connectivity index (χ1) is 5.43. The van der Waals surface area contributed by atoms with Crippen LogP contribution in [-0.4, -0.2) is 36.2 Å². The summed E-state index contributed by atoms with van der Waals surface area (Å²) in [5, 5.41) is 0. The van der Waals surface area contributed by atoms with Gasteiger partial charge in [0.1, 0.15) is 0 Å². The second-order valence-electron chi connectivity index (χ2n) is 4.66. The highest BCUT2D eigenvalue weighted by Crippen LogP contribution is 2.34. The van der Waals surface area contributed by atoms with Crippen LogP contribution in [0.1, 0.15) is 34.1 Å². The molecule has 0 unspecified atom stereocenters. The van der Waals surface area contributed by atoms with E-state index >= 15 is 0 Å². The molecule has 0 N–H and O–H groups in total. The van der Waals surface area contributed by atoms with Crippen LogP contribution in [0.3, 0.4) is 0 Å². The zero-order valence-electron chi connectivity index (χ0n) is 8.92. The smallest absolute Gasteiger partial charge is 0.0626 e. The van der Waals surface area contributed by atoms with Gasteiger partial charge in [-0.15, -0.1) is 0 Å². The van der Waals surface area contributed by atoms with Gasteiger partial charge in [-0.2, -0.15) is 0 Å². The molecule has 72 valence electrons. The van der Waals surface area contributed by atoms with Crippen molar-refractivity contribution < 1.29 is 4.74 Å². The zero-order chi connectivity index (χ0) is 9.35. The Morgan fingerprint density at radius 3 is 2.42 bits per heavy atom. The van der Waals surface area contributed by atoms with Gasteiger partial charge in [0.25, 0.3) is 0 Å². The van der Waals surface area contributed by atoms with Gasteiger partial charge < -0.3 is 4.74 Å². The Bertz CT molecular complexity index is 154. The lowest BCUT2D eigenvalue weighted by molar-refractivity contribution is -0.0782. The van der Waals surface area contributed by atoms with Gasteiger partial charge in [-0.25, -0.2) is 0 Å². The average Bonchev–Trinajstić information content (AvgIpc) is 1.97. The molecule has 0 aromatic rings. The van der Waals surface area contributed by atoms with E-state index in [4.69, 9.17) is 4.74 Å². The van der Waals surface area contributed by atoms with E-state index in [2.05, 4.69) is 39.6 Å². The minimum Gasteiger partial charge on any atom is -0.377 e. The first-order valence-electron chi connectivity index (χ1n) is 4.78. The molecule has 0 aliphatic carbocycles. The van der Waals surface area contributed by atoms with Crippen molar-refractivity contribution in [1.82, 2.24) is 4.90 Å². The second-order valence-corrected chi connectivity index (χ2v) is 4.66. The molecule has 2 nitrogen and oxygen atoms in total. The predicted octanol–water partition coefficient (Wildman–Crippen LogP) is 1.89. The zero-order valence-corrected chi connectivity index (χ0v) is 8.92. The lowest BCUT2D eigenvalue weighted by Crippen LogP contribution is -2.62. The first-order valence-corrected chi connectivity index (χ1v) is 4.78. The molecule has 1 fully saturated rings. The molecule has 0 spiro atoms. The van der Waals surface area contributed by atoms with E-state index in [1.165, 1.54) is 6.42 Å². The van der Waals surface area contributed by atoms with Crippen molar-refractivity contribution in [2.75, 3.05) is 13.7 Å². The maximum absolute atomic E-state index is 5.57. The highest BCUT2D eigenvalue weighted by molar-refractivity contribution is 4.97. The van der Waals surface area contributed by atoms with Crippen molar-refractivity contribution in [3.63, 3.8) is 0 Å². The highest BCUT2D eigenvalue weighted by Gasteiger charge is 2.41. The molecule has 0 radical (unpaired) electrons. The maximum Gasteiger partial charge on any atom is 0.0626 e. The summed E-state index contributed by atoms with van der Waals surface area (Å²) in [6.07, 6.45) is 1.62. The van der Waals surface area contributed by atoms with Crippen molar-refractivity contribution in [3.05, 3.63) is 0 Å². The van der Waals surface area contributed by atoms with Crippen LogP contribution in [0.15, 0.2) is 0 Å². The van der Waals surface area contributed by atoms with Crippen molar-refractivity contribution in [3.8, 4) is 0 Å². The molecule has 0 bridgehead atoms. The van der Waals surface area contributed by atoms with Crippen LogP contribution >= 0.6 is 0 Å². The lowest BCUT2D eigenvalue weighted by Gasteiger charge is -2.53. The van der Waals surface area contributed by atoms with E-state index in [0.717, 1.165) is 6.61 Å². The summed E-state index contributed by atoms with van der Waals surface area (Å²) in [4.78, 5) is 2.40.